The van der Waals surface area contributed by atoms with Gasteiger partial charge in [0.15, 0.2) is 0 Å². The van der Waals surface area contributed by atoms with Crippen LogP contribution in [0.5, 0.6) is 0 Å². The molecule has 0 radical (unpaired) electrons. The van der Waals surface area contributed by atoms with Crippen molar-refractivity contribution in [3.8, 4) is 0 Å². The van der Waals surface area contributed by atoms with E-state index in [0.29, 0.717) is 45.3 Å². The van der Waals surface area contributed by atoms with E-state index in [1.165, 1.54) is 0 Å². The molecule has 0 saturated carbocycles. The second-order valence-electron chi connectivity index (χ2n) is 12.5. The Morgan fingerprint density at radius 2 is 1.75 bits per heavy atom. The van der Waals surface area contributed by atoms with Crippen molar-refractivity contribution in [2.45, 2.75) is 82.6 Å². The first kappa shape index (κ1) is 30.0. The van der Waals surface area contributed by atoms with Crippen molar-refractivity contribution in [2.75, 3.05) is 31.1 Å². The second kappa shape index (κ2) is 11.5. The molecule has 218 valence electrons. The van der Waals surface area contributed by atoms with Gasteiger partial charge in [-0.1, -0.05) is 30.4 Å². The molecule has 4 rings (SSSR count). The molecular weight excluding hydrogens is 506 g/mol. The summed E-state index contributed by atoms with van der Waals surface area (Å²) in [6.45, 7) is 16.7. The minimum Gasteiger partial charge on any atom is -0.396 e. The van der Waals surface area contributed by atoms with Gasteiger partial charge in [0, 0.05) is 37.5 Å². The predicted octanol–water partition coefficient (Wildman–Crippen LogP) is 3.95. The molecule has 1 N–H and O–H groups in total. The van der Waals surface area contributed by atoms with Gasteiger partial charge in [-0.3, -0.25) is 14.4 Å². The molecule has 3 heterocycles. The molecule has 3 aliphatic rings. The SMILES string of the molecule is C=CCN(C(=O)[C@@H]1[C@H]2C(=O)N(CCCCCO)C(C(=O)N(CC=C)C(C)(C)C)C23CC[C@@]1(C)O3)c1ccccc1. The molecule has 2 bridgehead atoms. The highest BCUT2D eigenvalue weighted by molar-refractivity contribution is 6.03. The summed E-state index contributed by atoms with van der Waals surface area (Å²) in [4.78, 5) is 48.3. The number of unbranched alkanes of at least 4 members (excludes halogenated alkanes) is 2. The Hall–Kier alpha value is -2.97. The highest BCUT2D eigenvalue weighted by Crippen LogP contribution is 2.63. The molecule has 0 aliphatic carbocycles. The molecule has 5 atom stereocenters. The summed E-state index contributed by atoms with van der Waals surface area (Å²) >= 11 is 0. The van der Waals surface area contributed by atoms with Crippen molar-refractivity contribution in [3.05, 3.63) is 55.6 Å². The maximum absolute atomic E-state index is 14.4. The number of fused-ring (bicyclic) bond motifs is 1. The lowest BCUT2D eigenvalue weighted by atomic mass is 9.66. The standard InChI is InChI=1S/C32H45N3O5/c1-7-19-33(23-15-11-9-12-16-23)27(37)24-25-28(38)34(21-13-10-14-22-36)26(32(25)18-17-31(24,6)40-32)29(39)35(20-8-2)30(3,4)5/h7-9,11-12,15-16,24-26,36H,1-2,10,13-14,17-22H2,3-6H3/t24-,25-,26?,31+,32?/m0/s1. The number of rotatable bonds is 12. The number of carbonyl (C=O) groups is 3. The number of nitrogens with zero attached hydrogens (tertiary/aromatic N) is 3. The minimum atomic E-state index is -1.08. The van der Waals surface area contributed by atoms with Gasteiger partial charge >= 0.3 is 0 Å². The van der Waals surface area contributed by atoms with Gasteiger partial charge in [-0.2, -0.15) is 0 Å². The Morgan fingerprint density at radius 3 is 2.35 bits per heavy atom. The minimum absolute atomic E-state index is 0.0800. The molecule has 0 aromatic heterocycles. The summed E-state index contributed by atoms with van der Waals surface area (Å²) in [5, 5.41) is 9.28. The van der Waals surface area contributed by atoms with Crippen LogP contribution < -0.4 is 4.90 Å². The van der Waals surface area contributed by atoms with Gasteiger partial charge in [-0.15, -0.1) is 13.2 Å². The number of para-hydroxylation sites is 1. The van der Waals surface area contributed by atoms with Crippen molar-refractivity contribution < 1.29 is 24.2 Å². The Bertz CT molecular complexity index is 1130. The van der Waals surface area contributed by atoms with Crippen molar-refractivity contribution >= 4 is 23.4 Å². The summed E-state index contributed by atoms with van der Waals surface area (Å²) in [5.74, 6) is -2.03. The average Bonchev–Trinajstić information content (AvgIpc) is 3.48. The van der Waals surface area contributed by atoms with Gasteiger partial charge in [0.2, 0.25) is 17.7 Å². The zero-order valence-corrected chi connectivity index (χ0v) is 24.5. The molecule has 1 aromatic carbocycles. The van der Waals surface area contributed by atoms with Crippen LogP contribution in [0, 0.1) is 11.8 Å². The number of ether oxygens (including phenoxy) is 1. The number of hydrogen-bond donors (Lipinski definition) is 1. The Morgan fingerprint density at radius 1 is 1.07 bits per heavy atom. The summed E-state index contributed by atoms with van der Waals surface area (Å²) in [6.07, 6.45) is 6.52. The number of likely N-dealkylation sites (tertiary alicyclic amines) is 1. The zero-order chi connectivity index (χ0) is 29.3. The van der Waals surface area contributed by atoms with Crippen LogP contribution in [0.25, 0.3) is 0 Å². The molecule has 3 fully saturated rings. The smallest absolute Gasteiger partial charge is 0.249 e. The van der Waals surface area contributed by atoms with Crippen molar-refractivity contribution in [1.29, 1.82) is 0 Å². The topological polar surface area (TPSA) is 90.4 Å². The summed E-state index contributed by atoms with van der Waals surface area (Å²) in [5.41, 5.74) is -1.72. The molecular formula is C32H45N3O5. The number of hydrogen-bond acceptors (Lipinski definition) is 5. The Kier molecular flexibility index (Phi) is 8.62. The van der Waals surface area contributed by atoms with Crippen LogP contribution in [0.3, 0.4) is 0 Å². The molecule has 40 heavy (non-hydrogen) atoms. The fourth-order valence-corrected chi connectivity index (χ4v) is 7.09. The van der Waals surface area contributed by atoms with E-state index in [9.17, 15) is 19.5 Å². The third-order valence-electron chi connectivity index (χ3n) is 8.87. The number of aliphatic hydroxyl groups is 1. The Balaban J connectivity index is 1.78. The predicted molar refractivity (Wildman–Crippen MR) is 156 cm³/mol. The molecule has 1 aromatic rings. The lowest BCUT2D eigenvalue weighted by Crippen LogP contribution is -2.60. The third-order valence-corrected chi connectivity index (χ3v) is 8.87. The highest BCUT2D eigenvalue weighted by atomic mass is 16.5. The summed E-state index contributed by atoms with van der Waals surface area (Å²) in [6, 6.07) is 8.57. The second-order valence-corrected chi connectivity index (χ2v) is 12.5. The maximum atomic E-state index is 14.4. The van der Waals surface area contributed by atoms with Gasteiger partial charge in [0.25, 0.3) is 0 Å². The lowest BCUT2D eigenvalue weighted by molar-refractivity contribution is -0.154. The number of benzene rings is 1. The molecule has 2 unspecified atom stereocenters. The fraction of sp³-hybridized carbons (Fsp3) is 0.594. The summed E-state index contributed by atoms with van der Waals surface area (Å²) in [7, 11) is 0. The van der Waals surface area contributed by atoms with E-state index in [1.54, 1.807) is 26.9 Å². The quantitative estimate of drug-likeness (QED) is 0.314. The number of carbonyl (C=O) groups excluding carboxylic acids is 3. The van der Waals surface area contributed by atoms with Crippen LogP contribution in [0.2, 0.25) is 0 Å². The number of anilines is 1. The van der Waals surface area contributed by atoms with E-state index in [-0.39, 0.29) is 24.3 Å². The van der Waals surface area contributed by atoms with Gasteiger partial charge in [0.05, 0.1) is 17.4 Å². The van der Waals surface area contributed by atoms with E-state index < -0.39 is 34.6 Å². The van der Waals surface area contributed by atoms with Crippen LogP contribution in [0.15, 0.2) is 55.6 Å². The summed E-state index contributed by atoms with van der Waals surface area (Å²) < 4.78 is 6.82. The van der Waals surface area contributed by atoms with Gasteiger partial charge in [-0.05, 0) is 71.9 Å². The lowest BCUT2D eigenvalue weighted by Gasteiger charge is -2.42. The van der Waals surface area contributed by atoms with Crippen LogP contribution in [-0.2, 0) is 19.1 Å². The maximum Gasteiger partial charge on any atom is 0.249 e. The van der Waals surface area contributed by atoms with Crippen LogP contribution in [0.4, 0.5) is 5.69 Å². The number of amides is 3. The van der Waals surface area contributed by atoms with Gasteiger partial charge < -0.3 is 24.5 Å². The van der Waals surface area contributed by atoms with E-state index in [2.05, 4.69) is 13.2 Å². The zero-order valence-electron chi connectivity index (χ0n) is 24.5. The average molecular weight is 552 g/mol. The van der Waals surface area contributed by atoms with Crippen molar-refractivity contribution in [2.24, 2.45) is 11.8 Å². The first-order chi connectivity index (χ1) is 19.0. The third kappa shape index (κ3) is 5.00. The largest absolute Gasteiger partial charge is 0.396 e. The normalized spacial score (nSPS) is 28.9. The van der Waals surface area contributed by atoms with E-state index in [4.69, 9.17) is 4.74 Å². The fourth-order valence-electron chi connectivity index (χ4n) is 7.09. The van der Waals surface area contributed by atoms with E-state index in [0.717, 1.165) is 12.1 Å². The molecule has 1 spiro atoms. The van der Waals surface area contributed by atoms with Crippen LogP contribution in [-0.4, -0.2) is 81.7 Å². The van der Waals surface area contributed by atoms with Crippen LogP contribution in [0.1, 0.15) is 59.8 Å². The van der Waals surface area contributed by atoms with Gasteiger partial charge in [0.1, 0.15) is 11.6 Å². The van der Waals surface area contributed by atoms with E-state index in [1.807, 2.05) is 58.0 Å². The molecule has 3 aliphatic heterocycles. The molecule has 8 nitrogen and oxygen atoms in total. The monoisotopic (exact) mass is 551 g/mol. The van der Waals surface area contributed by atoms with Crippen molar-refractivity contribution in [1.82, 2.24) is 9.80 Å². The van der Waals surface area contributed by atoms with E-state index >= 15 is 0 Å². The molecule has 8 heteroatoms. The number of aliphatic hydroxyl groups excluding tert-OH is 1. The van der Waals surface area contributed by atoms with Crippen molar-refractivity contribution in [3.63, 3.8) is 0 Å². The molecule has 3 saturated heterocycles. The molecule has 3 amide bonds. The first-order valence-electron chi connectivity index (χ1n) is 14.5. The highest BCUT2D eigenvalue weighted by Gasteiger charge is 2.78. The first-order valence-corrected chi connectivity index (χ1v) is 14.5. The van der Waals surface area contributed by atoms with Gasteiger partial charge in [-0.25, -0.2) is 0 Å². The Labute approximate surface area is 238 Å². The van der Waals surface area contributed by atoms with Crippen LogP contribution >= 0.6 is 0 Å².